The molecule has 13 heavy (non-hydrogen) atoms. The summed E-state index contributed by atoms with van der Waals surface area (Å²) in [4.78, 5) is 0. The SMILES string of the molecule is CSCCCC1=[C]([Ti+2])CC=C1.[Cl-].[Cl-]. The number of allylic oxidation sites excluding steroid dienone is 4. The maximum absolute atomic E-state index is 2.29. The molecule has 0 saturated heterocycles. The van der Waals surface area contributed by atoms with Crippen LogP contribution in [0.25, 0.3) is 0 Å². The molecule has 0 amide bonds. The van der Waals surface area contributed by atoms with E-state index in [9.17, 15) is 0 Å². The zero-order valence-corrected chi connectivity index (χ0v) is 11.5. The normalized spacial score (nSPS) is 14.1. The summed E-state index contributed by atoms with van der Waals surface area (Å²) >= 11 is 4.18. The molecule has 0 radical (unpaired) electrons. The average molecular weight is 272 g/mol. The van der Waals surface area contributed by atoms with Gasteiger partial charge in [-0.25, -0.2) is 0 Å². The molecule has 0 heterocycles. The molecule has 0 spiro atoms. The molecule has 0 aliphatic heterocycles. The first-order chi connectivity index (χ1) is 5.34. The fraction of sp³-hybridized carbons (Fsp3) is 0.556. The van der Waals surface area contributed by atoms with Crippen LogP contribution in [0.3, 0.4) is 0 Å². The van der Waals surface area contributed by atoms with Crippen LogP contribution < -0.4 is 24.8 Å². The molecule has 1 rings (SSSR count). The van der Waals surface area contributed by atoms with E-state index in [1.165, 1.54) is 25.0 Å². The van der Waals surface area contributed by atoms with Crippen LogP contribution in [0.4, 0.5) is 0 Å². The second-order valence-corrected chi connectivity index (χ2v) is 4.63. The summed E-state index contributed by atoms with van der Waals surface area (Å²) in [5.41, 5.74) is 1.58. The van der Waals surface area contributed by atoms with Crippen molar-refractivity contribution in [1.82, 2.24) is 0 Å². The van der Waals surface area contributed by atoms with Gasteiger partial charge in [-0.15, -0.1) is 0 Å². The molecule has 0 aromatic rings. The van der Waals surface area contributed by atoms with E-state index in [-0.39, 0.29) is 24.8 Å². The summed E-state index contributed by atoms with van der Waals surface area (Å²) in [6, 6.07) is 0. The van der Waals surface area contributed by atoms with Gasteiger partial charge >= 0.3 is 85.1 Å². The number of halogens is 2. The molecule has 0 saturated carbocycles. The zero-order valence-electron chi connectivity index (χ0n) is 7.65. The summed E-state index contributed by atoms with van der Waals surface area (Å²) in [6.45, 7) is 0. The Morgan fingerprint density at radius 2 is 2.15 bits per heavy atom. The summed E-state index contributed by atoms with van der Waals surface area (Å²) in [5.74, 6) is 1.30. The van der Waals surface area contributed by atoms with Crippen molar-refractivity contribution in [2.45, 2.75) is 19.3 Å². The van der Waals surface area contributed by atoms with E-state index < -0.39 is 0 Å². The van der Waals surface area contributed by atoms with E-state index in [0.717, 1.165) is 0 Å². The minimum absolute atomic E-state index is 0. The van der Waals surface area contributed by atoms with Crippen molar-refractivity contribution >= 4 is 11.8 Å². The van der Waals surface area contributed by atoms with Gasteiger partial charge in [0.2, 0.25) is 0 Å². The van der Waals surface area contributed by atoms with Crippen LogP contribution in [-0.4, -0.2) is 12.0 Å². The Hall–Kier alpha value is 1.12. The maximum atomic E-state index is 2.29. The van der Waals surface area contributed by atoms with Gasteiger partial charge < -0.3 is 24.8 Å². The minimum Gasteiger partial charge on any atom is -1.00 e. The number of hydrogen-bond acceptors (Lipinski definition) is 1. The van der Waals surface area contributed by atoms with Crippen LogP contribution >= 0.6 is 11.8 Å². The van der Waals surface area contributed by atoms with E-state index in [2.05, 4.69) is 38.8 Å². The molecule has 0 atom stereocenters. The van der Waals surface area contributed by atoms with Gasteiger partial charge in [-0.1, -0.05) is 0 Å². The summed E-state index contributed by atoms with van der Waals surface area (Å²) in [7, 11) is 0. The summed E-state index contributed by atoms with van der Waals surface area (Å²) in [5, 5.41) is 0. The molecule has 0 unspecified atom stereocenters. The van der Waals surface area contributed by atoms with E-state index >= 15 is 0 Å². The average Bonchev–Trinajstić information content (AvgIpc) is 2.37. The van der Waals surface area contributed by atoms with Crippen LogP contribution in [-0.2, 0) is 20.4 Å². The monoisotopic (exact) mass is 271 g/mol. The molecule has 0 aromatic carbocycles. The van der Waals surface area contributed by atoms with Crippen LogP contribution in [0.2, 0.25) is 0 Å². The van der Waals surface area contributed by atoms with Crippen molar-refractivity contribution in [3.8, 4) is 0 Å². The molecule has 0 nitrogen and oxygen atoms in total. The topological polar surface area (TPSA) is 0 Å². The molecule has 0 N–H and O–H groups in total. The first-order valence-corrected chi connectivity index (χ1v) is 6.11. The first kappa shape index (κ1) is 16.6. The second kappa shape index (κ2) is 9.67. The molecular weight excluding hydrogens is 259 g/mol. The van der Waals surface area contributed by atoms with E-state index in [4.69, 9.17) is 0 Å². The number of thioether (sulfide) groups is 1. The second-order valence-electron chi connectivity index (χ2n) is 2.71. The van der Waals surface area contributed by atoms with Crippen LogP contribution in [0.15, 0.2) is 21.6 Å². The molecule has 1 aliphatic carbocycles. The molecule has 0 aromatic heterocycles. The molecule has 4 heteroatoms. The van der Waals surface area contributed by atoms with Crippen LogP contribution in [0.1, 0.15) is 19.3 Å². The quantitative estimate of drug-likeness (QED) is 0.386. The Morgan fingerprint density at radius 3 is 2.62 bits per heavy atom. The third-order valence-corrected chi connectivity index (χ3v) is 3.34. The van der Waals surface area contributed by atoms with Gasteiger partial charge in [0.25, 0.3) is 0 Å². The standard InChI is InChI=1S/C9H13S.2ClH.Ti/c1-10-8-4-7-9-5-2-3-6-9;;;/h2,5H,3-4,7-8H2,1H3;2*1H;/q;;;+2/p-2. The van der Waals surface area contributed by atoms with Crippen LogP contribution in [0.5, 0.6) is 0 Å². The third kappa shape index (κ3) is 6.25. The van der Waals surface area contributed by atoms with Gasteiger partial charge in [0, 0.05) is 0 Å². The van der Waals surface area contributed by atoms with Crippen molar-refractivity contribution in [3.05, 3.63) is 21.6 Å². The van der Waals surface area contributed by atoms with Gasteiger partial charge in [-0.05, 0) is 0 Å². The van der Waals surface area contributed by atoms with Crippen molar-refractivity contribution in [2.24, 2.45) is 0 Å². The van der Waals surface area contributed by atoms with Gasteiger partial charge in [0.05, 0.1) is 0 Å². The van der Waals surface area contributed by atoms with Gasteiger partial charge in [-0.2, -0.15) is 0 Å². The minimum atomic E-state index is 0. The molecule has 73 valence electrons. The van der Waals surface area contributed by atoms with E-state index in [1.807, 2.05) is 11.8 Å². The largest absolute Gasteiger partial charge is 1.00 e. The van der Waals surface area contributed by atoms with Gasteiger partial charge in [-0.3, -0.25) is 0 Å². The molecule has 1 aliphatic rings. The van der Waals surface area contributed by atoms with E-state index in [0.29, 0.717) is 0 Å². The van der Waals surface area contributed by atoms with Crippen LogP contribution in [0, 0.1) is 0 Å². The Balaban J connectivity index is 0. The first-order valence-electron chi connectivity index (χ1n) is 3.93. The van der Waals surface area contributed by atoms with E-state index in [1.54, 1.807) is 9.45 Å². The van der Waals surface area contributed by atoms with Gasteiger partial charge in [0.15, 0.2) is 0 Å². The fourth-order valence-corrected chi connectivity index (χ4v) is 2.13. The van der Waals surface area contributed by atoms with Gasteiger partial charge in [0.1, 0.15) is 0 Å². The molecular formula is C9H13Cl2STi. The molecule has 0 fully saturated rings. The van der Waals surface area contributed by atoms with Crippen molar-refractivity contribution in [1.29, 1.82) is 0 Å². The Kier molecular flexibility index (Phi) is 12.3. The Morgan fingerprint density at radius 1 is 1.46 bits per heavy atom. The third-order valence-electron chi connectivity index (χ3n) is 1.82. The maximum Gasteiger partial charge on any atom is -1.00 e. The molecule has 0 bridgehead atoms. The Bertz CT molecular complexity index is 190. The predicted molar refractivity (Wildman–Crippen MR) is 48.4 cm³/mol. The van der Waals surface area contributed by atoms with Crippen molar-refractivity contribution in [2.75, 3.05) is 12.0 Å². The number of rotatable bonds is 4. The van der Waals surface area contributed by atoms with Crippen molar-refractivity contribution < 1.29 is 45.2 Å². The fourth-order valence-electron chi connectivity index (χ4n) is 1.19. The smallest absolute Gasteiger partial charge is 1.00 e. The van der Waals surface area contributed by atoms with Crippen molar-refractivity contribution in [3.63, 3.8) is 0 Å². The number of hydrogen-bond donors (Lipinski definition) is 0. The Labute approximate surface area is 109 Å². The predicted octanol–water partition coefficient (Wildman–Crippen LogP) is -3.10. The summed E-state index contributed by atoms with van der Waals surface area (Å²) in [6.07, 6.45) is 10.5. The zero-order chi connectivity index (χ0) is 8.10. The summed E-state index contributed by atoms with van der Waals surface area (Å²) < 4.78 is 1.58.